The first-order chi connectivity index (χ1) is 5.77. The molecule has 1 aromatic carbocycles. The molecule has 0 radical (unpaired) electrons. The summed E-state index contributed by atoms with van der Waals surface area (Å²) < 4.78 is 0. The lowest BCUT2D eigenvalue weighted by Crippen LogP contribution is -2.42. The normalized spacial score (nSPS) is 14.7. The van der Waals surface area contributed by atoms with Crippen LogP contribution >= 0.6 is 0 Å². The summed E-state index contributed by atoms with van der Waals surface area (Å²) in [5.41, 5.74) is 5.61. The molecule has 2 heterocycles. The van der Waals surface area contributed by atoms with Crippen LogP contribution in [0.4, 0.5) is 0 Å². The summed E-state index contributed by atoms with van der Waals surface area (Å²) in [7, 11) is 0. The van der Waals surface area contributed by atoms with E-state index in [9.17, 15) is 9.59 Å². The summed E-state index contributed by atoms with van der Waals surface area (Å²) in [5, 5.41) is 0. The smallest absolute Gasteiger partial charge is 0.267 e. The Bertz CT molecular complexity index is 308. The van der Waals surface area contributed by atoms with Gasteiger partial charge in [-0.2, -0.15) is 0 Å². The predicted octanol–water partition coefficient (Wildman–Crippen LogP) is 0.0748. The zero-order valence-electron chi connectivity index (χ0n) is 6.13. The van der Waals surface area contributed by atoms with E-state index in [0.717, 1.165) is 0 Å². The van der Waals surface area contributed by atoms with E-state index < -0.39 is 0 Å². The number of carbonyl (C=O) groups excluding carboxylic acids is 2. The van der Waals surface area contributed by atoms with Gasteiger partial charge in [0.15, 0.2) is 0 Å². The van der Waals surface area contributed by atoms with Crippen LogP contribution in [-0.4, -0.2) is 11.8 Å². The largest absolute Gasteiger partial charge is 0.269 e. The van der Waals surface area contributed by atoms with Crippen molar-refractivity contribution < 1.29 is 9.59 Å². The molecule has 2 aliphatic heterocycles. The summed E-state index contributed by atoms with van der Waals surface area (Å²) in [6.45, 7) is 0. The van der Waals surface area contributed by atoms with Gasteiger partial charge in [0.25, 0.3) is 11.8 Å². The van der Waals surface area contributed by atoms with E-state index in [4.69, 9.17) is 0 Å². The number of amides is 2. The first kappa shape index (κ1) is 6.84. The summed E-state index contributed by atoms with van der Waals surface area (Å²) in [6, 6.07) is 6.46. The van der Waals surface area contributed by atoms with E-state index in [-0.39, 0.29) is 11.8 Å². The van der Waals surface area contributed by atoms with Gasteiger partial charge in [-0.1, -0.05) is 0 Å². The fourth-order valence-corrected chi connectivity index (χ4v) is 1.03. The van der Waals surface area contributed by atoms with Gasteiger partial charge < -0.3 is 0 Å². The van der Waals surface area contributed by atoms with Crippen LogP contribution in [0.1, 0.15) is 20.7 Å². The molecule has 2 N–H and O–H groups in total. The molecule has 0 unspecified atom stereocenters. The molecule has 0 fully saturated rings. The van der Waals surface area contributed by atoms with Crippen molar-refractivity contribution in [1.29, 1.82) is 0 Å². The van der Waals surface area contributed by atoms with Crippen LogP contribution in [0.2, 0.25) is 0 Å². The van der Waals surface area contributed by atoms with E-state index in [1.165, 1.54) is 0 Å². The average molecular weight is 162 g/mol. The van der Waals surface area contributed by atoms with Crippen molar-refractivity contribution in [2.24, 2.45) is 0 Å². The highest BCUT2D eigenvalue weighted by Crippen LogP contribution is 2.05. The molecule has 0 saturated heterocycles. The van der Waals surface area contributed by atoms with Crippen LogP contribution in [0.25, 0.3) is 0 Å². The second kappa shape index (κ2) is 2.34. The maximum Gasteiger partial charge on any atom is 0.269 e. The van der Waals surface area contributed by atoms with Crippen LogP contribution in [-0.2, 0) is 0 Å². The second-order valence-corrected chi connectivity index (χ2v) is 2.49. The highest BCUT2D eigenvalue weighted by atomic mass is 16.2. The Labute approximate surface area is 68.5 Å². The van der Waals surface area contributed by atoms with Gasteiger partial charge in [0.1, 0.15) is 0 Å². The molecular formula is C8H6N2O2. The summed E-state index contributed by atoms with van der Waals surface area (Å²) in [6.07, 6.45) is 0. The number of hydrazine groups is 1. The van der Waals surface area contributed by atoms with Crippen molar-refractivity contribution in [2.45, 2.75) is 0 Å². The van der Waals surface area contributed by atoms with Crippen molar-refractivity contribution in [1.82, 2.24) is 10.9 Å². The number of hydrogen-bond acceptors (Lipinski definition) is 2. The predicted molar refractivity (Wildman–Crippen MR) is 41.4 cm³/mol. The molecule has 60 valence electrons. The Balaban J connectivity index is 2.57. The van der Waals surface area contributed by atoms with Crippen LogP contribution < -0.4 is 10.9 Å². The molecule has 4 heteroatoms. The molecule has 12 heavy (non-hydrogen) atoms. The molecule has 0 saturated carbocycles. The van der Waals surface area contributed by atoms with Crippen LogP contribution in [0.5, 0.6) is 0 Å². The van der Waals surface area contributed by atoms with Crippen LogP contribution in [0, 0.1) is 0 Å². The van der Waals surface area contributed by atoms with Crippen molar-refractivity contribution in [3.05, 3.63) is 35.4 Å². The maximum atomic E-state index is 11.1. The van der Waals surface area contributed by atoms with Crippen molar-refractivity contribution in [2.75, 3.05) is 0 Å². The minimum absolute atomic E-state index is 0.297. The molecule has 0 aromatic heterocycles. The number of nitrogens with one attached hydrogen (secondary N) is 2. The molecule has 2 amide bonds. The lowest BCUT2D eigenvalue weighted by molar-refractivity contribution is 0.0842. The molecule has 2 aliphatic rings. The third kappa shape index (κ3) is 0.934. The van der Waals surface area contributed by atoms with Gasteiger partial charge in [-0.15, -0.1) is 0 Å². The number of hydrogen-bond donors (Lipinski definition) is 2. The molecule has 0 atom stereocenters. The molecule has 2 bridgehead atoms. The quantitative estimate of drug-likeness (QED) is 0.567. The monoisotopic (exact) mass is 162 g/mol. The lowest BCUT2D eigenvalue weighted by atomic mass is 10.1. The Morgan fingerprint density at radius 3 is 1.42 bits per heavy atom. The Morgan fingerprint density at radius 2 is 1.08 bits per heavy atom. The minimum atomic E-state index is -0.297. The Kier molecular flexibility index (Phi) is 1.33. The second-order valence-electron chi connectivity index (χ2n) is 2.49. The first-order valence-corrected chi connectivity index (χ1v) is 3.48. The molecule has 0 spiro atoms. The molecule has 3 rings (SSSR count). The zero-order valence-corrected chi connectivity index (χ0v) is 6.13. The third-order valence-corrected chi connectivity index (χ3v) is 1.70. The van der Waals surface area contributed by atoms with Gasteiger partial charge in [-0.05, 0) is 24.3 Å². The SMILES string of the molecule is O=C1NNC(=O)c2ccc1cc2. The summed E-state index contributed by atoms with van der Waals surface area (Å²) in [4.78, 5) is 22.2. The first-order valence-electron chi connectivity index (χ1n) is 3.48. The van der Waals surface area contributed by atoms with Gasteiger partial charge in [-0.3, -0.25) is 20.4 Å². The van der Waals surface area contributed by atoms with E-state index in [1.54, 1.807) is 24.3 Å². The van der Waals surface area contributed by atoms with Gasteiger partial charge in [-0.25, -0.2) is 0 Å². The number of benzene rings is 1. The van der Waals surface area contributed by atoms with Crippen LogP contribution in [0.3, 0.4) is 0 Å². The van der Waals surface area contributed by atoms with Gasteiger partial charge >= 0.3 is 0 Å². The van der Waals surface area contributed by atoms with Crippen molar-refractivity contribution in [3.8, 4) is 0 Å². The molecule has 0 aliphatic carbocycles. The van der Waals surface area contributed by atoms with Crippen molar-refractivity contribution in [3.63, 3.8) is 0 Å². The maximum absolute atomic E-state index is 11.1. The lowest BCUT2D eigenvalue weighted by Gasteiger charge is -2.11. The molecule has 1 aromatic rings. The van der Waals surface area contributed by atoms with E-state index in [2.05, 4.69) is 10.9 Å². The zero-order chi connectivity index (χ0) is 8.55. The topological polar surface area (TPSA) is 58.2 Å². The van der Waals surface area contributed by atoms with E-state index >= 15 is 0 Å². The Morgan fingerprint density at radius 1 is 0.750 bits per heavy atom. The van der Waals surface area contributed by atoms with Gasteiger partial charge in [0.05, 0.1) is 0 Å². The number of rotatable bonds is 0. The summed E-state index contributed by atoms with van der Waals surface area (Å²) >= 11 is 0. The highest BCUT2D eigenvalue weighted by molar-refractivity contribution is 6.01. The van der Waals surface area contributed by atoms with E-state index in [1.807, 2.05) is 0 Å². The highest BCUT2D eigenvalue weighted by Gasteiger charge is 2.13. The number of carbonyl (C=O) groups is 2. The molecular weight excluding hydrogens is 156 g/mol. The summed E-state index contributed by atoms with van der Waals surface area (Å²) in [5.74, 6) is -0.593. The standard InChI is InChI=1S/C8H6N2O2/c11-7-5-1-2-6(4-3-5)8(12)10-9-7/h1-4H,(H,9,11)(H,10,12). The third-order valence-electron chi connectivity index (χ3n) is 1.70. The molecule has 4 nitrogen and oxygen atoms in total. The van der Waals surface area contributed by atoms with E-state index in [0.29, 0.717) is 11.1 Å². The van der Waals surface area contributed by atoms with Gasteiger partial charge in [0.2, 0.25) is 0 Å². The Hall–Kier alpha value is -1.84. The fourth-order valence-electron chi connectivity index (χ4n) is 1.03. The fraction of sp³-hybridized carbons (Fsp3) is 0. The van der Waals surface area contributed by atoms with Gasteiger partial charge in [0, 0.05) is 11.1 Å². The van der Waals surface area contributed by atoms with Crippen LogP contribution in [0.15, 0.2) is 24.3 Å². The minimum Gasteiger partial charge on any atom is -0.267 e. The average Bonchev–Trinajstić information content (AvgIpc) is 2.12. The number of fused-ring (bicyclic) bond motifs is 5. The van der Waals surface area contributed by atoms with Crippen molar-refractivity contribution >= 4 is 11.8 Å².